The number of aliphatic hydroxyl groups is 1. The molecule has 3 heteroatoms. The summed E-state index contributed by atoms with van der Waals surface area (Å²) < 4.78 is 5.80. The Morgan fingerprint density at radius 2 is 2.00 bits per heavy atom. The van der Waals surface area contributed by atoms with Crippen LogP contribution in [0.3, 0.4) is 0 Å². The zero-order valence-corrected chi connectivity index (χ0v) is 15.0. The van der Waals surface area contributed by atoms with E-state index in [4.69, 9.17) is 4.74 Å². The minimum absolute atomic E-state index is 0.0332. The molecule has 24 heavy (non-hydrogen) atoms. The Kier molecular flexibility index (Phi) is 3.13. The summed E-state index contributed by atoms with van der Waals surface area (Å²) in [5.41, 5.74) is 2.04. The van der Waals surface area contributed by atoms with Crippen LogP contribution in [0.4, 0.5) is 0 Å². The molecule has 1 aliphatic heterocycles. The van der Waals surface area contributed by atoms with Crippen LogP contribution >= 0.6 is 0 Å². The third-order valence-corrected chi connectivity index (χ3v) is 8.84. The van der Waals surface area contributed by atoms with Gasteiger partial charge in [0.15, 0.2) is 0 Å². The molecular weight excluding hydrogens is 300 g/mol. The van der Waals surface area contributed by atoms with Crippen molar-refractivity contribution in [2.75, 3.05) is 0 Å². The first kappa shape index (κ1) is 15.4. The first-order valence-corrected chi connectivity index (χ1v) is 9.99. The van der Waals surface area contributed by atoms with Gasteiger partial charge in [-0.25, -0.2) is 0 Å². The fourth-order valence-electron chi connectivity index (χ4n) is 7.60. The van der Waals surface area contributed by atoms with Crippen molar-refractivity contribution in [3.8, 4) is 0 Å². The van der Waals surface area contributed by atoms with E-state index in [1.165, 1.54) is 31.3 Å². The topological polar surface area (TPSA) is 46.5 Å². The van der Waals surface area contributed by atoms with E-state index < -0.39 is 0 Å². The van der Waals surface area contributed by atoms with Gasteiger partial charge in [-0.2, -0.15) is 0 Å². The number of hydrogen-bond acceptors (Lipinski definition) is 3. The monoisotopic (exact) mass is 330 g/mol. The van der Waals surface area contributed by atoms with Crippen LogP contribution in [0.25, 0.3) is 0 Å². The van der Waals surface area contributed by atoms with E-state index in [-0.39, 0.29) is 23.6 Å². The van der Waals surface area contributed by atoms with Crippen LogP contribution < -0.4 is 0 Å². The Balaban J connectivity index is 1.48. The first-order chi connectivity index (χ1) is 11.4. The number of rotatable bonds is 0. The van der Waals surface area contributed by atoms with Crippen LogP contribution in [0.15, 0.2) is 11.6 Å². The molecule has 0 aromatic rings. The van der Waals surface area contributed by atoms with Crippen molar-refractivity contribution in [2.24, 2.45) is 34.5 Å². The van der Waals surface area contributed by atoms with Crippen LogP contribution in [0.1, 0.15) is 65.2 Å². The largest absolute Gasteiger partial charge is 0.461 e. The maximum absolute atomic E-state index is 11.8. The highest BCUT2D eigenvalue weighted by molar-refractivity contribution is 5.72. The van der Waals surface area contributed by atoms with E-state index in [0.717, 1.165) is 31.1 Å². The van der Waals surface area contributed by atoms with Crippen molar-refractivity contribution < 1.29 is 14.6 Å². The number of carbonyl (C=O) groups excluding carboxylic acids is 1. The lowest BCUT2D eigenvalue weighted by molar-refractivity contribution is -0.151. The van der Waals surface area contributed by atoms with Crippen LogP contribution in [0, 0.1) is 34.5 Å². The normalized spacial score (nSPS) is 55.8. The van der Waals surface area contributed by atoms with E-state index in [1.54, 1.807) is 0 Å². The molecule has 4 fully saturated rings. The highest BCUT2D eigenvalue weighted by Crippen LogP contribution is 2.67. The summed E-state index contributed by atoms with van der Waals surface area (Å²) in [6, 6.07) is 0. The summed E-state index contributed by atoms with van der Waals surface area (Å²) in [7, 11) is 0. The molecule has 5 rings (SSSR count). The van der Waals surface area contributed by atoms with Crippen LogP contribution in [0.5, 0.6) is 0 Å². The summed E-state index contributed by atoms with van der Waals surface area (Å²) >= 11 is 0. The van der Waals surface area contributed by atoms with Gasteiger partial charge in [0.05, 0.1) is 12.5 Å². The molecule has 0 amide bonds. The molecule has 8 atom stereocenters. The second kappa shape index (κ2) is 4.87. The van der Waals surface area contributed by atoms with Crippen molar-refractivity contribution >= 4 is 5.97 Å². The molecule has 0 bridgehead atoms. The van der Waals surface area contributed by atoms with Gasteiger partial charge in [-0.15, -0.1) is 0 Å². The number of esters is 1. The molecule has 3 nitrogen and oxygen atoms in total. The smallest absolute Gasteiger partial charge is 0.306 e. The summed E-state index contributed by atoms with van der Waals surface area (Å²) in [5, 5.41) is 10.1. The van der Waals surface area contributed by atoms with Crippen molar-refractivity contribution in [3.63, 3.8) is 0 Å². The molecule has 1 N–H and O–H groups in total. The zero-order chi connectivity index (χ0) is 16.7. The standard InChI is InChI=1S/C21H30O3/c1-20-7-5-14(22)11-13(20)3-4-15-16(20)6-8-21(2)17(15)9-12-10-18(23)24-19(12)21/h3,12,14-17,19,22H,4-11H2,1-2H3/t12-,14-,15-,16+,17+,19+,20-,21-/m0/s1. The van der Waals surface area contributed by atoms with Gasteiger partial charge >= 0.3 is 5.97 Å². The molecule has 0 spiro atoms. The van der Waals surface area contributed by atoms with Gasteiger partial charge in [0.25, 0.3) is 0 Å². The first-order valence-electron chi connectivity index (χ1n) is 9.99. The number of carbonyl (C=O) groups is 1. The highest BCUT2D eigenvalue weighted by atomic mass is 16.6. The minimum atomic E-state index is -0.125. The molecular formula is C21H30O3. The van der Waals surface area contributed by atoms with E-state index in [2.05, 4.69) is 19.9 Å². The second-order valence-electron chi connectivity index (χ2n) is 9.81. The summed E-state index contributed by atoms with van der Waals surface area (Å²) in [5.74, 6) is 2.72. The van der Waals surface area contributed by atoms with Crippen LogP contribution in [-0.2, 0) is 9.53 Å². The number of allylic oxidation sites excluding steroid dienone is 1. The summed E-state index contributed by atoms with van der Waals surface area (Å²) in [6.45, 7) is 4.88. The zero-order valence-electron chi connectivity index (χ0n) is 15.0. The lowest BCUT2D eigenvalue weighted by atomic mass is 9.48. The van der Waals surface area contributed by atoms with Gasteiger partial charge in [-0.05, 0) is 68.1 Å². The van der Waals surface area contributed by atoms with Crippen molar-refractivity contribution in [1.82, 2.24) is 0 Å². The lowest BCUT2D eigenvalue weighted by Crippen LogP contribution is -2.51. The summed E-state index contributed by atoms with van der Waals surface area (Å²) in [6.07, 6.45) is 11.0. The molecule has 5 aliphatic rings. The number of ether oxygens (including phenoxy) is 1. The third-order valence-electron chi connectivity index (χ3n) is 8.84. The van der Waals surface area contributed by atoms with Gasteiger partial charge in [0.2, 0.25) is 0 Å². The molecule has 3 saturated carbocycles. The molecule has 1 heterocycles. The Labute approximate surface area is 144 Å². The average molecular weight is 330 g/mol. The fraction of sp³-hybridized carbons (Fsp3) is 0.857. The van der Waals surface area contributed by atoms with Gasteiger partial charge in [-0.1, -0.05) is 25.5 Å². The molecule has 0 unspecified atom stereocenters. The molecule has 4 aliphatic carbocycles. The van der Waals surface area contributed by atoms with Gasteiger partial charge in [0, 0.05) is 11.3 Å². The Morgan fingerprint density at radius 1 is 1.17 bits per heavy atom. The molecule has 0 aromatic heterocycles. The lowest BCUT2D eigenvalue weighted by Gasteiger charge is -2.57. The quantitative estimate of drug-likeness (QED) is 0.542. The maximum Gasteiger partial charge on any atom is 0.306 e. The van der Waals surface area contributed by atoms with E-state index in [1.807, 2.05) is 0 Å². The number of aliphatic hydroxyl groups excluding tert-OH is 1. The minimum Gasteiger partial charge on any atom is -0.461 e. The average Bonchev–Trinajstić information content (AvgIpc) is 3.03. The number of hydrogen-bond donors (Lipinski definition) is 1. The molecule has 1 saturated heterocycles. The second-order valence-corrected chi connectivity index (χ2v) is 9.81. The molecule has 132 valence electrons. The van der Waals surface area contributed by atoms with Crippen molar-refractivity contribution in [2.45, 2.75) is 77.4 Å². The van der Waals surface area contributed by atoms with Gasteiger partial charge in [0.1, 0.15) is 6.10 Å². The van der Waals surface area contributed by atoms with Crippen molar-refractivity contribution in [1.29, 1.82) is 0 Å². The van der Waals surface area contributed by atoms with E-state index in [9.17, 15) is 9.90 Å². The Hall–Kier alpha value is -0.830. The predicted molar refractivity (Wildman–Crippen MR) is 91.1 cm³/mol. The van der Waals surface area contributed by atoms with Gasteiger partial charge in [-0.3, -0.25) is 4.79 Å². The van der Waals surface area contributed by atoms with E-state index in [0.29, 0.717) is 23.7 Å². The highest BCUT2D eigenvalue weighted by Gasteiger charge is 2.63. The maximum atomic E-state index is 11.8. The van der Waals surface area contributed by atoms with Gasteiger partial charge < -0.3 is 9.84 Å². The van der Waals surface area contributed by atoms with Crippen molar-refractivity contribution in [3.05, 3.63) is 11.6 Å². The Bertz CT molecular complexity index is 610. The van der Waals surface area contributed by atoms with Crippen LogP contribution in [0.2, 0.25) is 0 Å². The predicted octanol–water partition coefficient (Wildman–Crippen LogP) is 3.85. The Morgan fingerprint density at radius 3 is 2.83 bits per heavy atom. The fourth-order valence-corrected chi connectivity index (χ4v) is 7.60. The van der Waals surface area contributed by atoms with E-state index >= 15 is 0 Å². The SMILES string of the molecule is C[C@]12CC[C@@H]3[C@H](CC=C4C[C@@H](O)CC[C@@]43C)[C@H]1C[C@H]1CC(=O)O[C@H]12. The summed E-state index contributed by atoms with van der Waals surface area (Å²) in [4.78, 5) is 11.8. The van der Waals surface area contributed by atoms with Crippen LogP contribution in [-0.4, -0.2) is 23.3 Å². The third kappa shape index (κ3) is 1.85. The molecule has 0 aromatic carbocycles. The number of fused-ring (bicyclic) bond motifs is 7. The molecule has 0 radical (unpaired) electrons.